The molecule has 4 fully saturated rings. The SMILES string of the molecule is CC(C(=O)O[C@H]1CN2CCC1CC2)(c1cccs1)N1CCSCC1. The van der Waals surface area contributed by atoms with Gasteiger partial charge in [-0.3, -0.25) is 9.80 Å². The molecule has 0 aliphatic carbocycles. The highest BCUT2D eigenvalue weighted by Crippen LogP contribution is 2.37. The van der Waals surface area contributed by atoms with E-state index >= 15 is 0 Å². The van der Waals surface area contributed by atoms with Crippen molar-refractivity contribution in [2.24, 2.45) is 5.92 Å². The van der Waals surface area contributed by atoms with Gasteiger partial charge in [-0.2, -0.15) is 11.8 Å². The predicted octanol–water partition coefficient (Wildman–Crippen LogP) is 2.65. The van der Waals surface area contributed by atoms with E-state index in [-0.39, 0.29) is 12.1 Å². The average molecular weight is 367 g/mol. The molecule has 0 amide bonds. The molecule has 0 aromatic carbocycles. The molecule has 132 valence electrons. The molecule has 2 bridgehead atoms. The van der Waals surface area contributed by atoms with Gasteiger partial charge in [-0.05, 0) is 50.2 Å². The van der Waals surface area contributed by atoms with Crippen molar-refractivity contribution in [3.05, 3.63) is 22.4 Å². The minimum absolute atomic E-state index is 0.0457. The van der Waals surface area contributed by atoms with Crippen LogP contribution in [0.25, 0.3) is 0 Å². The number of nitrogens with zero attached hydrogens (tertiary/aromatic N) is 2. The van der Waals surface area contributed by atoms with Gasteiger partial charge in [0.2, 0.25) is 0 Å². The van der Waals surface area contributed by atoms with Crippen LogP contribution in [0.1, 0.15) is 24.6 Å². The fraction of sp³-hybridized carbons (Fsp3) is 0.722. The van der Waals surface area contributed by atoms with Gasteiger partial charge in [0.25, 0.3) is 0 Å². The zero-order valence-electron chi connectivity index (χ0n) is 14.3. The van der Waals surface area contributed by atoms with Crippen molar-refractivity contribution in [3.8, 4) is 0 Å². The number of ether oxygens (including phenoxy) is 1. The Morgan fingerprint density at radius 1 is 1.25 bits per heavy atom. The van der Waals surface area contributed by atoms with Gasteiger partial charge in [0.15, 0.2) is 5.54 Å². The van der Waals surface area contributed by atoms with Crippen molar-refractivity contribution in [1.29, 1.82) is 0 Å². The molecule has 5 rings (SSSR count). The molecule has 0 spiro atoms. The van der Waals surface area contributed by atoms with E-state index in [1.165, 1.54) is 25.9 Å². The Bertz CT molecular complexity index is 566. The summed E-state index contributed by atoms with van der Waals surface area (Å²) in [5, 5.41) is 2.06. The first-order valence-electron chi connectivity index (χ1n) is 8.98. The van der Waals surface area contributed by atoms with Crippen molar-refractivity contribution in [3.63, 3.8) is 0 Å². The summed E-state index contributed by atoms with van der Waals surface area (Å²) in [7, 11) is 0. The Labute approximate surface area is 152 Å². The number of esters is 1. The molecule has 1 aromatic heterocycles. The number of hydrogen-bond acceptors (Lipinski definition) is 6. The summed E-state index contributed by atoms with van der Waals surface area (Å²) in [6, 6.07) is 4.13. The second kappa shape index (κ2) is 6.98. The van der Waals surface area contributed by atoms with E-state index in [1.54, 1.807) is 11.3 Å². The molecule has 4 nitrogen and oxygen atoms in total. The minimum Gasteiger partial charge on any atom is -0.459 e. The highest BCUT2D eigenvalue weighted by Gasteiger charge is 2.46. The second-order valence-electron chi connectivity index (χ2n) is 7.23. The Morgan fingerprint density at radius 3 is 2.58 bits per heavy atom. The van der Waals surface area contributed by atoms with Crippen LogP contribution in [0.3, 0.4) is 0 Å². The lowest BCUT2D eigenvalue weighted by atomic mass is 9.85. The van der Waals surface area contributed by atoms with Crippen LogP contribution >= 0.6 is 23.1 Å². The van der Waals surface area contributed by atoms with Crippen LogP contribution in [0.5, 0.6) is 0 Å². The summed E-state index contributed by atoms with van der Waals surface area (Å²) in [6.45, 7) is 7.24. The topological polar surface area (TPSA) is 32.8 Å². The number of piperidine rings is 3. The molecule has 4 aliphatic rings. The molecular formula is C18H26N2O2S2. The first kappa shape index (κ1) is 16.9. The lowest BCUT2D eigenvalue weighted by Crippen LogP contribution is -2.57. The maximum Gasteiger partial charge on any atom is 0.332 e. The first-order valence-corrected chi connectivity index (χ1v) is 11.0. The fourth-order valence-electron chi connectivity index (χ4n) is 4.25. The Balaban J connectivity index is 1.55. The van der Waals surface area contributed by atoms with Gasteiger partial charge in [0.05, 0.1) is 0 Å². The summed E-state index contributed by atoms with van der Waals surface area (Å²) in [5.74, 6) is 2.70. The second-order valence-corrected chi connectivity index (χ2v) is 9.40. The highest BCUT2D eigenvalue weighted by molar-refractivity contribution is 7.99. The van der Waals surface area contributed by atoms with Crippen LogP contribution < -0.4 is 0 Å². The largest absolute Gasteiger partial charge is 0.459 e. The van der Waals surface area contributed by atoms with Crippen molar-refractivity contribution in [1.82, 2.24) is 9.80 Å². The number of thiophene rings is 1. The quantitative estimate of drug-likeness (QED) is 0.765. The molecule has 4 aliphatic heterocycles. The van der Waals surface area contributed by atoms with Crippen LogP contribution in [0.2, 0.25) is 0 Å². The van der Waals surface area contributed by atoms with E-state index in [0.29, 0.717) is 5.92 Å². The van der Waals surface area contributed by atoms with Gasteiger partial charge in [0, 0.05) is 36.0 Å². The van der Waals surface area contributed by atoms with E-state index in [0.717, 1.165) is 36.0 Å². The molecule has 5 heterocycles. The fourth-order valence-corrected chi connectivity index (χ4v) is 6.05. The number of hydrogen-bond donors (Lipinski definition) is 0. The van der Waals surface area contributed by atoms with Gasteiger partial charge >= 0.3 is 5.97 Å². The van der Waals surface area contributed by atoms with E-state index < -0.39 is 5.54 Å². The summed E-state index contributed by atoms with van der Waals surface area (Å²) in [5.41, 5.74) is -0.638. The monoisotopic (exact) mass is 366 g/mol. The smallest absolute Gasteiger partial charge is 0.332 e. The van der Waals surface area contributed by atoms with Crippen LogP contribution in [0, 0.1) is 5.92 Å². The zero-order chi connectivity index (χ0) is 16.6. The summed E-state index contributed by atoms with van der Waals surface area (Å²) < 4.78 is 6.15. The minimum atomic E-state index is -0.638. The summed E-state index contributed by atoms with van der Waals surface area (Å²) in [6.07, 6.45) is 2.43. The van der Waals surface area contributed by atoms with Crippen LogP contribution in [-0.2, 0) is 15.1 Å². The van der Waals surface area contributed by atoms with Crippen LogP contribution in [0.15, 0.2) is 17.5 Å². The van der Waals surface area contributed by atoms with Gasteiger partial charge in [-0.1, -0.05) is 6.07 Å². The normalized spacial score (nSPS) is 33.1. The zero-order valence-corrected chi connectivity index (χ0v) is 15.9. The third-order valence-corrected chi connectivity index (χ3v) is 7.92. The Hall–Kier alpha value is -0.560. The summed E-state index contributed by atoms with van der Waals surface area (Å²) >= 11 is 3.64. The molecule has 24 heavy (non-hydrogen) atoms. The van der Waals surface area contributed by atoms with E-state index in [4.69, 9.17) is 4.74 Å². The summed E-state index contributed by atoms with van der Waals surface area (Å²) in [4.78, 5) is 19.2. The molecular weight excluding hydrogens is 340 g/mol. The van der Waals surface area contributed by atoms with Gasteiger partial charge in [0.1, 0.15) is 6.10 Å². The highest BCUT2D eigenvalue weighted by atomic mass is 32.2. The third kappa shape index (κ3) is 3.02. The maximum atomic E-state index is 13.3. The number of rotatable bonds is 4. The Kier molecular flexibility index (Phi) is 4.91. The number of carbonyl (C=O) groups excluding carboxylic acids is 1. The lowest BCUT2D eigenvalue weighted by molar-refractivity contribution is -0.173. The number of carbonyl (C=O) groups is 1. The molecule has 0 saturated carbocycles. The predicted molar refractivity (Wildman–Crippen MR) is 99.6 cm³/mol. The van der Waals surface area contributed by atoms with E-state index in [9.17, 15) is 4.79 Å². The Morgan fingerprint density at radius 2 is 2.00 bits per heavy atom. The third-order valence-electron chi connectivity index (χ3n) is 5.90. The van der Waals surface area contributed by atoms with Crippen LogP contribution in [0.4, 0.5) is 0 Å². The molecule has 1 unspecified atom stereocenters. The average Bonchev–Trinajstić information content (AvgIpc) is 3.18. The molecule has 0 N–H and O–H groups in total. The van der Waals surface area contributed by atoms with E-state index in [2.05, 4.69) is 28.2 Å². The van der Waals surface area contributed by atoms with Gasteiger partial charge in [-0.25, -0.2) is 4.79 Å². The van der Waals surface area contributed by atoms with Gasteiger partial charge in [-0.15, -0.1) is 11.3 Å². The molecule has 2 atom stereocenters. The molecule has 4 saturated heterocycles. The molecule has 0 radical (unpaired) electrons. The van der Waals surface area contributed by atoms with E-state index in [1.807, 2.05) is 17.8 Å². The van der Waals surface area contributed by atoms with Crippen molar-refractivity contribution >= 4 is 29.1 Å². The molecule has 6 heteroatoms. The van der Waals surface area contributed by atoms with Gasteiger partial charge < -0.3 is 4.74 Å². The van der Waals surface area contributed by atoms with Crippen molar-refractivity contribution < 1.29 is 9.53 Å². The maximum absolute atomic E-state index is 13.3. The number of thioether (sulfide) groups is 1. The lowest BCUT2D eigenvalue weighted by Gasteiger charge is -2.46. The standard InChI is InChI=1S/C18H26N2O2S2/c1-18(16-3-2-10-24-16,20-8-11-23-12-9-20)17(21)22-15-13-19-6-4-14(15)5-7-19/h2-3,10,14-15H,4-9,11-13H2,1H3/t15-,18?/m0/s1. The first-order chi connectivity index (χ1) is 11.7. The number of fused-ring (bicyclic) bond motifs is 3. The van der Waals surface area contributed by atoms with Crippen molar-refractivity contribution in [2.75, 3.05) is 44.2 Å². The van der Waals surface area contributed by atoms with Crippen molar-refractivity contribution in [2.45, 2.75) is 31.4 Å². The van der Waals surface area contributed by atoms with Crippen LogP contribution in [-0.4, -0.2) is 66.1 Å². The molecule has 1 aromatic rings.